The van der Waals surface area contributed by atoms with E-state index in [2.05, 4.69) is 31.3 Å². The molecule has 0 aliphatic carbocycles. The summed E-state index contributed by atoms with van der Waals surface area (Å²) in [5, 5.41) is 7.43. The minimum atomic E-state index is -0.345. The number of hydrogen-bond acceptors (Lipinski definition) is 3. The number of carbonyl (C=O) groups is 1. The second-order valence-corrected chi connectivity index (χ2v) is 8.18. The van der Waals surface area contributed by atoms with Crippen molar-refractivity contribution < 1.29 is 4.79 Å². The van der Waals surface area contributed by atoms with Crippen LogP contribution in [-0.4, -0.2) is 20.7 Å². The van der Waals surface area contributed by atoms with Crippen molar-refractivity contribution in [2.24, 2.45) is 0 Å². The number of aryl methyl sites for hydroxylation is 3. The van der Waals surface area contributed by atoms with E-state index in [-0.39, 0.29) is 11.7 Å². The van der Waals surface area contributed by atoms with Gasteiger partial charge in [-0.3, -0.25) is 4.79 Å². The summed E-state index contributed by atoms with van der Waals surface area (Å²) in [5.74, 6) is 0.380. The number of nitrogens with one attached hydrogen (secondary N) is 1. The Morgan fingerprint density at radius 2 is 1.60 bits per heavy atom. The van der Waals surface area contributed by atoms with Crippen LogP contribution in [0, 0.1) is 20.8 Å². The molecule has 0 atom stereocenters. The molecule has 1 N–H and O–H groups in total. The van der Waals surface area contributed by atoms with Gasteiger partial charge in [-0.05, 0) is 68.3 Å². The summed E-state index contributed by atoms with van der Waals surface area (Å²) in [5.41, 5.74) is 5.87. The maximum absolute atomic E-state index is 12.9. The predicted octanol–water partition coefficient (Wildman–Crippen LogP) is 5.87. The third-order valence-electron chi connectivity index (χ3n) is 4.96. The highest BCUT2D eigenvalue weighted by Gasteiger charge is 2.19. The lowest BCUT2D eigenvalue weighted by atomic mass is 10.1. The lowest BCUT2D eigenvalue weighted by Crippen LogP contribution is -2.14. The number of aromatic nitrogens is 3. The molecule has 0 bridgehead atoms. The Balaban J connectivity index is 1.74. The zero-order valence-electron chi connectivity index (χ0n) is 17.0. The van der Waals surface area contributed by atoms with Gasteiger partial charge < -0.3 is 5.32 Å². The molecule has 0 aliphatic rings. The molecule has 3 aromatic carbocycles. The second kappa shape index (κ2) is 8.24. The van der Waals surface area contributed by atoms with Crippen LogP contribution in [0.4, 0.5) is 5.69 Å². The largest absolute Gasteiger partial charge is 0.319 e. The first-order valence-electron chi connectivity index (χ1n) is 9.59. The molecule has 4 rings (SSSR count). The van der Waals surface area contributed by atoms with Gasteiger partial charge in [0.1, 0.15) is 0 Å². The fourth-order valence-electron chi connectivity index (χ4n) is 3.07. The third kappa shape index (κ3) is 4.19. The fraction of sp³-hybridized carbons (Fsp3) is 0.125. The first-order valence-corrected chi connectivity index (χ1v) is 10.4. The summed E-state index contributed by atoms with van der Waals surface area (Å²) in [7, 11) is 0. The highest BCUT2D eigenvalue weighted by Crippen LogP contribution is 2.24. The molecule has 5 nitrogen and oxygen atoms in total. The zero-order valence-corrected chi connectivity index (χ0v) is 18.6. The number of nitrogens with zero attached hydrogens (tertiary/aromatic N) is 3. The lowest BCUT2D eigenvalue weighted by Gasteiger charge is -2.06. The van der Waals surface area contributed by atoms with Crippen LogP contribution < -0.4 is 5.32 Å². The molecule has 1 aromatic heterocycles. The summed E-state index contributed by atoms with van der Waals surface area (Å²) in [6.45, 7) is 6.08. The average molecular weight is 461 g/mol. The number of hydrogen-bond donors (Lipinski definition) is 1. The summed E-state index contributed by atoms with van der Waals surface area (Å²) >= 11 is 3.46. The van der Waals surface area contributed by atoms with Gasteiger partial charge in [-0.25, -0.2) is 9.67 Å². The van der Waals surface area contributed by atoms with Gasteiger partial charge in [0, 0.05) is 15.7 Å². The molecule has 0 radical (unpaired) electrons. The highest BCUT2D eigenvalue weighted by molar-refractivity contribution is 9.10. The molecule has 0 aliphatic heterocycles. The van der Waals surface area contributed by atoms with Gasteiger partial charge in [-0.15, -0.1) is 5.10 Å². The van der Waals surface area contributed by atoms with Crippen LogP contribution in [0.1, 0.15) is 27.3 Å². The van der Waals surface area contributed by atoms with Crippen LogP contribution in [-0.2, 0) is 0 Å². The molecule has 4 aromatic rings. The maximum Gasteiger partial charge on any atom is 0.295 e. The first kappa shape index (κ1) is 20.0. The molecule has 6 heteroatoms. The van der Waals surface area contributed by atoms with Gasteiger partial charge in [-0.2, -0.15) is 0 Å². The molecular weight excluding hydrogens is 440 g/mol. The summed E-state index contributed by atoms with van der Waals surface area (Å²) in [6, 6.07) is 21.6. The monoisotopic (exact) mass is 460 g/mol. The topological polar surface area (TPSA) is 59.8 Å². The molecule has 0 saturated heterocycles. The summed E-state index contributed by atoms with van der Waals surface area (Å²) < 4.78 is 2.68. The number of carbonyl (C=O) groups excluding carboxylic acids is 1. The molecular formula is C24H21BrN4O. The van der Waals surface area contributed by atoms with Crippen LogP contribution in [0.2, 0.25) is 0 Å². The van der Waals surface area contributed by atoms with Crippen molar-refractivity contribution in [2.75, 3.05) is 5.32 Å². The van der Waals surface area contributed by atoms with Crippen LogP contribution in [0.5, 0.6) is 0 Å². The number of benzene rings is 3. The Labute approximate surface area is 183 Å². The SMILES string of the molecule is Cc1ccc(-n2nc(C(=O)Nc3ccc(C)c(C)c3)nc2-c2ccc(Br)cc2)cc1. The second-order valence-electron chi connectivity index (χ2n) is 7.27. The quantitative estimate of drug-likeness (QED) is 0.413. The van der Waals surface area contributed by atoms with Crippen molar-refractivity contribution in [1.82, 2.24) is 14.8 Å². The molecule has 150 valence electrons. The van der Waals surface area contributed by atoms with Crippen LogP contribution >= 0.6 is 15.9 Å². The molecule has 0 fully saturated rings. The predicted molar refractivity (Wildman–Crippen MR) is 123 cm³/mol. The Morgan fingerprint density at radius 3 is 2.27 bits per heavy atom. The molecule has 1 heterocycles. The van der Waals surface area contributed by atoms with Gasteiger partial charge in [0.2, 0.25) is 5.82 Å². The van der Waals surface area contributed by atoms with E-state index in [9.17, 15) is 4.79 Å². The molecule has 1 amide bonds. The van der Waals surface area contributed by atoms with E-state index in [1.54, 1.807) is 4.68 Å². The average Bonchev–Trinajstić information content (AvgIpc) is 3.17. The number of rotatable bonds is 4. The fourth-order valence-corrected chi connectivity index (χ4v) is 3.33. The highest BCUT2D eigenvalue weighted by atomic mass is 79.9. The molecule has 0 spiro atoms. The Bertz CT molecular complexity index is 1150. The Hall–Kier alpha value is -3.25. The van der Waals surface area contributed by atoms with Crippen molar-refractivity contribution in [3.63, 3.8) is 0 Å². The minimum Gasteiger partial charge on any atom is -0.319 e. The van der Waals surface area contributed by atoms with E-state index in [1.807, 2.05) is 87.5 Å². The normalized spacial score (nSPS) is 10.8. The summed E-state index contributed by atoms with van der Waals surface area (Å²) in [6.07, 6.45) is 0. The number of halogens is 1. The standard InChI is InChI=1S/C24H21BrN4O/c1-15-4-12-21(13-5-15)29-23(18-7-9-19(25)10-8-18)27-22(28-29)24(30)26-20-11-6-16(2)17(3)14-20/h4-14H,1-3H3,(H,26,30). The Kier molecular flexibility index (Phi) is 5.50. The van der Waals surface area contributed by atoms with E-state index < -0.39 is 0 Å². The van der Waals surface area contributed by atoms with Crippen molar-refractivity contribution in [1.29, 1.82) is 0 Å². The van der Waals surface area contributed by atoms with Crippen molar-refractivity contribution in [3.8, 4) is 17.1 Å². The Morgan fingerprint density at radius 1 is 0.900 bits per heavy atom. The van der Waals surface area contributed by atoms with E-state index in [0.29, 0.717) is 5.82 Å². The van der Waals surface area contributed by atoms with Crippen molar-refractivity contribution in [2.45, 2.75) is 20.8 Å². The number of amides is 1. The number of anilines is 1. The summed E-state index contributed by atoms with van der Waals surface area (Å²) in [4.78, 5) is 17.5. The van der Waals surface area contributed by atoms with Crippen LogP contribution in [0.25, 0.3) is 17.1 Å². The van der Waals surface area contributed by atoms with Crippen molar-refractivity contribution in [3.05, 3.63) is 93.7 Å². The first-order chi connectivity index (χ1) is 14.4. The van der Waals surface area contributed by atoms with Gasteiger partial charge >= 0.3 is 0 Å². The van der Waals surface area contributed by atoms with E-state index >= 15 is 0 Å². The molecule has 0 unspecified atom stereocenters. The van der Waals surface area contributed by atoms with E-state index in [4.69, 9.17) is 0 Å². The van der Waals surface area contributed by atoms with Gasteiger partial charge in [-0.1, -0.05) is 51.8 Å². The smallest absolute Gasteiger partial charge is 0.295 e. The van der Waals surface area contributed by atoms with E-state index in [0.717, 1.165) is 32.5 Å². The van der Waals surface area contributed by atoms with Crippen LogP contribution in [0.3, 0.4) is 0 Å². The van der Waals surface area contributed by atoms with Crippen LogP contribution in [0.15, 0.2) is 71.2 Å². The van der Waals surface area contributed by atoms with Gasteiger partial charge in [0.15, 0.2) is 5.82 Å². The maximum atomic E-state index is 12.9. The van der Waals surface area contributed by atoms with E-state index in [1.165, 1.54) is 5.56 Å². The molecule has 30 heavy (non-hydrogen) atoms. The van der Waals surface area contributed by atoms with Gasteiger partial charge in [0.25, 0.3) is 5.91 Å². The lowest BCUT2D eigenvalue weighted by molar-refractivity contribution is 0.101. The zero-order chi connectivity index (χ0) is 21.3. The van der Waals surface area contributed by atoms with Gasteiger partial charge in [0.05, 0.1) is 5.69 Å². The minimum absolute atomic E-state index is 0.117. The van der Waals surface area contributed by atoms with Crippen molar-refractivity contribution >= 4 is 27.5 Å². The third-order valence-corrected chi connectivity index (χ3v) is 5.48. The molecule has 0 saturated carbocycles.